The summed E-state index contributed by atoms with van der Waals surface area (Å²) in [5.74, 6) is 0.129. The second-order valence-electron chi connectivity index (χ2n) is 5.01. The zero-order valence-electron chi connectivity index (χ0n) is 11.7. The van der Waals surface area contributed by atoms with Crippen molar-refractivity contribution in [1.29, 1.82) is 0 Å². The Morgan fingerprint density at radius 3 is 2.84 bits per heavy atom. The third-order valence-corrected chi connectivity index (χ3v) is 3.34. The molecule has 2 aromatic rings. The molecule has 3 nitrogen and oxygen atoms in total. The second-order valence-corrected chi connectivity index (χ2v) is 5.01. The van der Waals surface area contributed by atoms with Gasteiger partial charge in [0, 0.05) is 5.39 Å². The van der Waals surface area contributed by atoms with Crippen LogP contribution in [-0.2, 0) is 0 Å². The van der Waals surface area contributed by atoms with E-state index in [0.717, 1.165) is 23.9 Å². The van der Waals surface area contributed by atoms with Crippen LogP contribution in [0.5, 0.6) is 0 Å². The molecule has 0 spiro atoms. The molecule has 1 aromatic heterocycles. The normalized spacial score (nSPS) is 11.3. The van der Waals surface area contributed by atoms with E-state index in [1.807, 2.05) is 31.3 Å². The highest BCUT2D eigenvalue weighted by Crippen LogP contribution is 2.21. The van der Waals surface area contributed by atoms with Gasteiger partial charge in [-0.15, -0.1) is 0 Å². The Kier molecular flexibility index (Phi) is 4.74. The molecule has 19 heavy (non-hydrogen) atoms. The van der Waals surface area contributed by atoms with E-state index in [0.29, 0.717) is 12.1 Å². The summed E-state index contributed by atoms with van der Waals surface area (Å²) in [6.07, 6.45) is 5.14. The van der Waals surface area contributed by atoms with Gasteiger partial charge < -0.3 is 4.42 Å². The topological polar surface area (TPSA) is 33.5 Å². The van der Waals surface area contributed by atoms with E-state index in [2.05, 4.69) is 11.8 Å². The lowest BCUT2D eigenvalue weighted by Crippen LogP contribution is -2.26. The van der Waals surface area contributed by atoms with Crippen molar-refractivity contribution >= 4 is 16.8 Å². The Labute approximate surface area is 114 Å². The number of furan rings is 1. The van der Waals surface area contributed by atoms with Gasteiger partial charge in [-0.2, -0.15) is 0 Å². The first-order chi connectivity index (χ1) is 9.22. The fourth-order valence-electron chi connectivity index (χ4n) is 2.23. The molecule has 0 fully saturated rings. The third-order valence-electron chi connectivity index (χ3n) is 3.34. The number of likely N-dealkylation sites (N-methyl/N-ethyl adjacent to an activating group) is 1. The van der Waals surface area contributed by atoms with Crippen molar-refractivity contribution in [2.75, 3.05) is 20.1 Å². The first kappa shape index (κ1) is 13.8. The zero-order chi connectivity index (χ0) is 13.7. The molecule has 0 saturated heterocycles. The maximum absolute atomic E-state index is 12.3. The summed E-state index contributed by atoms with van der Waals surface area (Å²) < 4.78 is 5.41. The van der Waals surface area contributed by atoms with Gasteiger partial charge in [-0.1, -0.05) is 38.0 Å². The molecule has 0 unspecified atom stereocenters. The van der Waals surface area contributed by atoms with Crippen LogP contribution < -0.4 is 0 Å². The number of carbonyl (C=O) groups excluding carboxylic acids is 1. The Morgan fingerprint density at radius 1 is 1.26 bits per heavy atom. The van der Waals surface area contributed by atoms with E-state index in [4.69, 9.17) is 4.42 Å². The van der Waals surface area contributed by atoms with Gasteiger partial charge in [0.05, 0.1) is 12.1 Å². The van der Waals surface area contributed by atoms with E-state index in [1.165, 1.54) is 12.8 Å². The number of nitrogens with zero attached hydrogens (tertiary/aromatic N) is 1. The van der Waals surface area contributed by atoms with E-state index >= 15 is 0 Å². The van der Waals surface area contributed by atoms with Crippen LogP contribution in [0.3, 0.4) is 0 Å². The van der Waals surface area contributed by atoms with Crippen LogP contribution in [0.15, 0.2) is 34.9 Å². The van der Waals surface area contributed by atoms with Crippen LogP contribution in [0.1, 0.15) is 36.5 Å². The number of ketones is 1. The molecular weight excluding hydrogens is 238 g/mol. The fraction of sp³-hybridized carbons (Fsp3) is 0.438. The zero-order valence-corrected chi connectivity index (χ0v) is 11.7. The van der Waals surface area contributed by atoms with Crippen molar-refractivity contribution in [1.82, 2.24) is 4.90 Å². The Balaban J connectivity index is 2.00. The number of hydrogen-bond donors (Lipinski definition) is 0. The van der Waals surface area contributed by atoms with Crippen molar-refractivity contribution in [2.24, 2.45) is 0 Å². The molecule has 0 radical (unpaired) electrons. The molecule has 2 rings (SSSR count). The summed E-state index contributed by atoms with van der Waals surface area (Å²) in [5.41, 5.74) is 1.47. The molecule has 0 aliphatic heterocycles. The molecule has 0 aliphatic rings. The summed E-state index contributed by atoms with van der Waals surface area (Å²) in [4.78, 5) is 14.3. The molecule has 0 bridgehead atoms. The summed E-state index contributed by atoms with van der Waals surface area (Å²) in [6.45, 7) is 3.60. The number of Topliss-reactive ketones (excluding diaryl/α,β-unsaturated/α-hetero) is 1. The van der Waals surface area contributed by atoms with Crippen LogP contribution in [0, 0.1) is 0 Å². The number of benzene rings is 1. The number of fused-ring (bicyclic) bond motifs is 1. The van der Waals surface area contributed by atoms with Gasteiger partial charge in [0.15, 0.2) is 5.78 Å². The molecular formula is C16H21NO2. The summed E-state index contributed by atoms with van der Waals surface area (Å²) in [6, 6.07) is 7.66. The number of para-hydroxylation sites is 1. The lowest BCUT2D eigenvalue weighted by atomic mass is 10.1. The first-order valence-electron chi connectivity index (χ1n) is 6.90. The monoisotopic (exact) mass is 259 g/mol. The second kappa shape index (κ2) is 6.53. The number of hydrogen-bond acceptors (Lipinski definition) is 3. The van der Waals surface area contributed by atoms with Gasteiger partial charge in [0.25, 0.3) is 0 Å². The molecule has 1 heterocycles. The van der Waals surface area contributed by atoms with Gasteiger partial charge in [-0.05, 0) is 26.1 Å². The van der Waals surface area contributed by atoms with Gasteiger partial charge in [0.2, 0.25) is 0 Å². The van der Waals surface area contributed by atoms with E-state index in [-0.39, 0.29) is 5.78 Å². The van der Waals surface area contributed by atoms with Gasteiger partial charge in [-0.3, -0.25) is 9.69 Å². The molecule has 0 amide bonds. The van der Waals surface area contributed by atoms with Gasteiger partial charge in [-0.25, -0.2) is 0 Å². The minimum Gasteiger partial charge on any atom is -0.464 e. The molecule has 0 saturated carbocycles. The van der Waals surface area contributed by atoms with Crippen molar-refractivity contribution in [3.8, 4) is 0 Å². The Hall–Kier alpha value is -1.61. The lowest BCUT2D eigenvalue weighted by Gasteiger charge is -2.14. The molecule has 0 aliphatic carbocycles. The smallest absolute Gasteiger partial charge is 0.180 e. The summed E-state index contributed by atoms with van der Waals surface area (Å²) in [7, 11) is 2.00. The lowest BCUT2D eigenvalue weighted by molar-refractivity contribution is 0.0946. The minimum absolute atomic E-state index is 0.129. The maximum Gasteiger partial charge on any atom is 0.180 e. The van der Waals surface area contributed by atoms with Crippen LogP contribution >= 0.6 is 0 Å². The molecule has 3 heteroatoms. The van der Waals surface area contributed by atoms with E-state index in [9.17, 15) is 4.79 Å². The van der Waals surface area contributed by atoms with E-state index < -0.39 is 0 Å². The van der Waals surface area contributed by atoms with Crippen molar-refractivity contribution in [3.63, 3.8) is 0 Å². The highest BCUT2D eigenvalue weighted by atomic mass is 16.3. The standard InChI is InChI=1S/C16H21NO2/c1-3-4-7-10-17(2)11-15(18)14-12-19-16-9-6-5-8-13(14)16/h5-6,8-9,12H,3-4,7,10-11H2,1-2H3. The largest absolute Gasteiger partial charge is 0.464 e. The van der Waals surface area contributed by atoms with E-state index in [1.54, 1.807) is 6.26 Å². The van der Waals surface area contributed by atoms with Gasteiger partial charge >= 0.3 is 0 Å². The summed E-state index contributed by atoms with van der Waals surface area (Å²) >= 11 is 0. The SMILES string of the molecule is CCCCCN(C)CC(=O)c1coc2ccccc12. The highest BCUT2D eigenvalue weighted by molar-refractivity contribution is 6.08. The molecule has 102 valence electrons. The van der Waals surface area contributed by atoms with Crippen LogP contribution in [0.25, 0.3) is 11.0 Å². The Bertz CT molecular complexity index is 544. The molecule has 0 atom stereocenters. The Morgan fingerprint density at radius 2 is 2.05 bits per heavy atom. The van der Waals surface area contributed by atoms with Crippen molar-refractivity contribution in [2.45, 2.75) is 26.2 Å². The molecule has 1 aromatic carbocycles. The van der Waals surface area contributed by atoms with Crippen molar-refractivity contribution in [3.05, 3.63) is 36.1 Å². The van der Waals surface area contributed by atoms with Crippen molar-refractivity contribution < 1.29 is 9.21 Å². The quantitative estimate of drug-likeness (QED) is 0.561. The predicted molar refractivity (Wildman–Crippen MR) is 77.6 cm³/mol. The number of carbonyl (C=O) groups is 1. The molecule has 0 N–H and O–H groups in total. The average molecular weight is 259 g/mol. The van der Waals surface area contributed by atoms with Crippen LogP contribution in [-0.4, -0.2) is 30.8 Å². The van der Waals surface area contributed by atoms with Crippen LogP contribution in [0.4, 0.5) is 0 Å². The summed E-state index contributed by atoms with van der Waals surface area (Å²) in [5, 5.41) is 0.912. The third kappa shape index (κ3) is 3.44. The number of rotatable bonds is 7. The number of unbranched alkanes of at least 4 members (excludes halogenated alkanes) is 2. The van der Waals surface area contributed by atoms with Gasteiger partial charge in [0.1, 0.15) is 11.8 Å². The fourth-order valence-corrected chi connectivity index (χ4v) is 2.23. The predicted octanol–water partition coefficient (Wildman–Crippen LogP) is 3.74. The first-order valence-corrected chi connectivity index (χ1v) is 6.90. The minimum atomic E-state index is 0.129. The maximum atomic E-state index is 12.3. The average Bonchev–Trinajstić information content (AvgIpc) is 2.83. The van der Waals surface area contributed by atoms with Crippen LogP contribution in [0.2, 0.25) is 0 Å². The highest BCUT2D eigenvalue weighted by Gasteiger charge is 2.14.